The van der Waals surface area contributed by atoms with Gasteiger partial charge in [0.1, 0.15) is 0 Å². The minimum Gasteiger partial charge on any atom is -0.334 e. The third-order valence-corrected chi connectivity index (χ3v) is 5.67. The molecule has 1 aliphatic rings. The number of nitrogens with one attached hydrogen (secondary N) is 1. The van der Waals surface area contributed by atoms with Crippen LogP contribution in [0.5, 0.6) is 0 Å². The number of carbonyl (C=O) groups is 1. The summed E-state index contributed by atoms with van der Waals surface area (Å²) in [7, 11) is 0.448. The van der Waals surface area contributed by atoms with Crippen LogP contribution in [-0.4, -0.2) is 11.6 Å². The Hall–Kier alpha value is -2.18. The Bertz CT molecular complexity index is 846. The van der Waals surface area contributed by atoms with Crippen LogP contribution < -0.4 is 5.09 Å². The number of amides is 1. The molecule has 1 aliphatic heterocycles. The van der Waals surface area contributed by atoms with Gasteiger partial charge in [0.25, 0.3) is 0 Å². The molecule has 1 N–H and O–H groups in total. The van der Waals surface area contributed by atoms with Crippen LogP contribution in [-0.2, 0) is 11.2 Å². The molecule has 3 rings (SSSR count). The molecular formula is C22H24NOP. The predicted octanol–water partition coefficient (Wildman–Crippen LogP) is 4.86. The molecule has 0 fully saturated rings. The molecule has 2 aromatic carbocycles. The molecule has 2 atom stereocenters. The minimum absolute atomic E-state index is 0.0161. The van der Waals surface area contributed by atoms with E-state index in [-0.39, 0.29) is 5.91 Å². The van der Waals surface area contributed by atoms with Gasteiger partial charge in [0.15, 0.2) is 0 Å². The van der Waals surface area contributed by atoms with E-state index in [1.807, 2.05) is 6.08 Å². The second-order valence-electron chi connectivity index (χ2n) is 6.81. The molecule has 1 heterocycles. The topological polar surface area (TPSA) is 29.1 Å². The van der Waals surface area contributed by atoms with Crippen molar-refractivity contribution in [1.29, 1.82) is 0 Å². The van der Waals surface area contributed by atoms with E-state index in [2.05, 4.69) is 68.8 Å². The highest BCUT2D eigenvalue weighted by atomic mass is 31.1. The fourth-order valence-corrected chi connectivity index (χ4v) is 4.20. The lowest BCUT2D eigenvalue weighted by atomic mass is 9.91. The van der Waals surface area contributed by atoms with Crippen LogP contribution in [0.4, 0.5) is 0 Å². The van der Waals surface area contributed by atoms with Crippen molar-refractivity contribution in [3.63, 3.8) is 0 Å². The number of rotatable bonds is 4. The highest BCUT2D eigenvalue weighted by molar-refractivity contribution is 7.38. The fraction of sp³-hybridized carbons (Fsp3) is 0.227. The zero-order valence-corrected chi connectivity index (χ0v) is 16.0. The van der Waals surface area contributed by atoms with Crippen LogP contribution in [0.1, 0.15) is 33.4 Å². The lowest BCUT2D eigenvalue weighted by Crippen LogP contribution is -2.21. The van der Waals surface area contributed by atoms with Gasteiger partial charge in [0, 0.05) is 5.66 Å². The van der Waals surface area contributed by atoms with E-state index in [9.17, 15) is 4.79 Å². The molecule has 0 saturated carbocycles. The second kappa shape index (κ2) is 7.37. The molecule has 0 spiro atoms. The second-order valence-corrected chi connectivity index (χ2v) is 8.09. The molecule has 2 unspecified atom stereocenters. The number of benzene rings is 2. The Morgan fingerprint density at radius 1 is 1.12 bits per heavy atom. The van der Waals surface area contributed by atoms with E-state index in [0.717, 1.165) is 12.0 Å². The lowest BCUT2D eigenvalue weighted by Gasteiger charge is -2.18. The Kier molecular flexibility index (Phi) is 5.20. The summed E-state index contributed by atoms with van der Waals surface area (Å²) in [6.07, 6.45) is 4.60. The number of carbonyl (C=O) groups excluding carboxylic acids is 1. The van der Waals surface area contributed by atoms with E-state index in [4.69, 9.17) is 0 Å². The third kappa shape index (κ3) is 4.27. The van der Waals surface area contributed by atoms with Gasteiger partial charge in [-0.25, -0.2) is 0 Å². The maximum absolute atomic E-state index is 11.3. The summed E-state index contributed by atoms with van der Waals surface area (Å²) in [6, 6.07) is 13.2. The van der Waals surface area contributed by atoms with Crippen LogP contribution in [0.2, 0.25) is 0 Å². The Labute approximate surface area is 151 Å². The smallest absolute Gasteiger partial charge is 0.246 e. The van der Waals surface area contributed by atoms with Crippen LogP contribution >= 0.6 is 8.73 Å². The van der Waals surface area contributed by atoms with Gasteiger partial charge in [-0.1, -0.05) is 60.2 Å². The maximum atomic E-state index is 11.3. The number of aryl methyl sites for hydroxylation is 3. The van der Waals surface area contributed by atoms with Crippen molar-refractivity contribution in [3.05, 3.63) is 88.5 Å². The monoisotopic (exact) mass is 349 g/mol. The summed E-state index contributed by atoms with van der Waals surface area (Å²) < 4.78 is 0. The summed E-state index contributed by atoms with van der Waals surface area (Å²) in [5.74, 6) is 0.0161. The number of hydrogen-bond acceptors (Lipinski definition) is 1. The molecule has 2 aromatic rings. The highest BCUT2D eigenvalue weighted by Gasteiger charge is 2.14. The summed E-state index contributed by atoms with van der Waals surface area (Å²) in [5, 5.41) is 2.92. The molecule has 0 saturated heterocycles. The first-order chi connectivity index (χ1) is 11.9. The summed E-state index contributed by atoms with van der Waals surface area (Å²) >= 11 is 0. The molecular weight excluding hydrogens is 325 g/mol. The first-order valence-corrected chi connectivity index (χ1v) is 9.61. The zero-order chi connectivity index (χ0) is 18.0. The van der Waals surface area contributed by atoms with Gasteiger partial charge in [-0.05, 0) is 69.8 Å². The number of allylic oxidation sites excluding steroid dienone is 1. The molecule has 0 radical (unpaired) electrons. The summed E-state index contributed by atoms with van der Waals surface area (Å²) in [5.41, 5.74) is 8.87. The molecule has 0 aromatic heterocycles. The van der Waals surface area contributed by atoms with Gasteiger partial charge in [-0.3, -0.25) is 4.79 Å². The van der Waals surface area contributed by atoms with Gasteiger partial charge >= 0.3 is 0 Å². The van der Waals surface area contributed by atoms with Gasteiger partial charge in [0.2, 0.25) is 5.91 Å². The molecule has 1 amide bonds. The van der Waals surface area contributed by atoms with Gasteiger partial charge in [-0.15, -0.1) is 0 Å². The third-order valence-electron chi connectivity index (χ3n) is 4.51. The number of hydrogen-bond donors (Lipinski definition) is 1. The molecule has 128 valence electrons. The Balaban J connectivity index is 1.87. The van der Waals surface area contributed by atoms with Crippen molar-refractivity contribution in [2.45, 2.75) is 32.9 Å². The van der Waals surface area contributed by atoms with Crippen molar-refractivity contribution in [2.24, 2.45) is 0 Å². The standard InChI is InChI=1S/C22H24NOP/c1-14-9-15(2)11-19(10-14)17(4)21-13-18(6-5-16(21)3)12-20-7-8-22(24)23-25-20/h5-11,13,20,25H,4,12H2,1-3H3,(H,23,24). The van der Waals surface area contributed by atoms with E-state index in [0.29, 0.717) is 14.4 Å². The SMILES string of the molecule is C=C(c1cc(C)cc(C)c1)c1cc(CC2C=CC(=O)NP2)ccc1C. The predicted molar refractivity (Wildman–Crippen MR) is 108 cm³/mol. The zero-order valence-electron chi connectivity index (χ0n) is 15.0. The largest absolute Gasteiger partial charge is 0.334 e. The fourth-order valence-electron chi connectivity index (χ4n) is 3.26. The Morgan fingerprint density at radius 3 is 2.48 bits per heavy atom. The van der Waals surface area contributed by atoms with Crippen molar-refractivity contribution in [2.75, 3.05) is 0 Å². The highest BCUT2D eigenvalue weighted by Crippen LogP contribution is 2.29. The van der Waals surface area contributed by atoms with Crippen molar-refractivity contribution in [3.8, 4) is 0 Å². The normalized spacial score (nSPS) is 17.6. The molecule has 2 nitrogen and oxygen atoms in total. The molecule has 25 heavy (non-hydrogen) atoms. The molecule has 0 aliphatic carbocycles. The molecule has 3 heteroatoms. The summed E-state index contributed by atoms with van der Waals surface area (Å²) in [4.78, 5) is 11.3. The maximum Gasteiger partial charge on any atom is 0.246 e. The lowest BCUT2D eigenvalue weighted by molar-refractivity contribution is -0.114. The quantitative estimate of drug-likeness (QED) is 0.785. The van der Waals surface area contributed by atoms with Crippen LogP contribution in [0.3, 0.4) is 0 Å². The van der Waals surface area contributed by atoms with E-state index in [1.165, 1.54) is 33.4 Å². The first kappa shape index (κ1) is 17.6. The van der Waals surface area contributed by atoms with Crippen molar-refractivity contribution < 1.29 is 4.79 Å². The molecule has 0 bridgehead atoms. The van der Waals surface area contributed by atoms with E-state index in [1.54, 1.807) is 6.08 Å². The van der Waals surface area contributed by atoms with E-state index < -0.39 is 0 Å². The van der Waals surface area contributed by atoms with E-state index >= 15 is 0 Å². The summed E-state index contributed by atoms with van der Waals surface area (Å²) in [6.45, 7) is 10.7. The average Bonchev–Trinajstić information content (AvgIpc) is 2.57. The van der Waals surface area contributed by atoms with Crippen molar-refractivity contribution in [1.82, 2.24) is 5.09 Å². The minimum atomic E-state index is 0.0161. The first-order valence-electron chi connectivity index (χ1n) is 8.53. The van der Waals surface area contributed by atoms with Gasteiger partial charge < -0.3 is 5.09 Å². The van der Waals surface area contributed by atoms with Gasteiger partial charge in [-0.2, -0.15) is 0 Å². The van der Waals surface area contributed by atoms with Crippen LogP contribution in [0, 0.1) is 20.8 Å². The Morgan fingerprint density at radius 2 is 1.84 bits per heavy atom. The van der Waals surface area contributed by atoms with Crippen LogP contribution in [0.15, 0.2) is 55.1 Å². The van der Waals surface area contributed by atoms with Crippen LogP contribution in [0.25, 0.3) is 5.57 Å². The average molecular weight is 349 g/mol. The van der Waals surface area contributed by atoms with Crippen molar-refractivity contribution >= 4 is 20.2 Å². The van der Waals surface area contributed by atoms with Gasteiger partial charge in [0.05, 0.1) is 0 Å².